The van der Waals surface area contributed by atoms with Crippen LogP contribution in [0.5, 0.6) is 0 Å². The van der Waals surface area contributed by atoms with E-state index in [1.807, 2.05) is 0 Å². The highest BCUT2D eigenvalue weighted by atomic mass is 79.9. The summed E-state index contributed by atoms with van der Waals surface area (Å²) in [6.07, 6.45) is -0.785. The molecule has 0 aliphatic heterocycles. The van der Waals surface area contributed by atoms with Crippen LogP contribution in [0, 0.1) is 10.1 Å². The third-order valence-electron chi connectivity index (χ3n) is 0.664. The molecular weight excluding hydrogens is 206 g/mol. The Labute approximate surface area is 66.5 Å². The van der Waals surface area contributed by atoms with Crippen molar-refractivity contribution in [2.24, 2.45) is 0 Å². The van der Waals surface area contributed by atoms with Crippen molar-refractivity contribution < 1.29 is 14.7 Å². The van der Waals surface area contributed by atoms with Crippen molar-refractivity contribution in [2.45, 2.75) is 13.2 Å². The van der Waals surface area contributed by atoms with Crippen LogP contribution in [-0.2, 0) is 9.57 Å². The van der Waals surface area contributed by atoms with Crippen LogP contribution in [0.3, 0.4) is 0 Å². The number of rotatable bonds is 5. The van der Waals surface area contributed by atoms with Gasteiger partial charge >= 0.3 is 0 Å². The maximum Gasteiger partial charge on any atom is 0.297 e. The topological polar surface area (TPSA) is 61.6 Å². The Bertz CT molecular complexity index is 109. The molecule has 0 saturated heterocycles. The number of nitrogens with zero attached hydrogens (tertiary/aromatic N) is 1. The van der Waals surface area contributed by atoms with E-state index in [2.05, 4.69) is 20.8 Å². The van der Waals surface area contributed by atoms with Crippen molar-refractivity contribution in [1.29, 1.82) is 0 Å². The lowest BCUT2D eigenvalue weighted by Gasteiger charge is -2.08. The third-order valence-corrected chi connectivity index (χ3v) is 0.988. The minimum absolute atomic E-state index is 0.398. The lowest BCUT2D eigenvalue weighted by atomic mass is 10.7. The monoisotopic (exact) mass is 213 g/mol. The van der Waals surface area contributed by atoms with Crippen molar-refractivity contribution in [3.8, 4) is 0 Å². The van der Waals surface area contributed by atoms with E-state index in [1.54, 1.807) is 0 Å². The van der Waals surface area contributed by atoms with Crippen molar-refractivity contribution in [2.75, 3.05) is 11.9 Å². The highest BCUT2D eigenvalue weighted by Crippen LogP contribution is 1.93. The zero-order valence-electron chi connectivity index (χ0n) is 5.45. The van der Waals surface area contributed by atoms with Crippen molar-refractivity contribution in [1.82, 2.24) is 0 Å². The van der Waals surface area contributed by atoms with Gasteiger partial charge in [-0.15, -0.1) is 10.1 Å². The first kappa shape index (κ1) is 9.64. The molecule has 0 bridgehead atoms. The van der Waals surface area contributed by atoms with Crippen molar-refractivity contribution in [3.05, 3.63) is 10.1 Å². The summed E-state index contributed by atoms with van der Waals surface area (Å²) in [7, 11) is 0. The van der Waals surface area contributed by atoms with Gasteiger partial charge in [-0.25, -0.2) is 0 Å². The predicted octanol–water partition coefficient (Wildman–Crippen LogP) is 0.952. The Hall–Kier alpha value is -0.360. The zero-order valence-corrected chi connectivity index (χ0v) is 7.04. The number of halogens is 1. The summed E-state index contributed by atoms with van der Waals surface area (Å²) in [5.74, 6) is 0. The first-order chi connectivity index (χ1) is 4.66. The van der Waals surface area contributed by atoms with Crippen LogP contribution in [0.4, 0.5) is 0 Å². The quantitative estimate of drug-likeness (QED) is 0.296. The highest BCUT2D eigenvalue weighted by molar-refractivity contribution is 9.09. The van der Waals surface area contributed by atoms with E-state index in [9.17, 15) is 10.1 Å². The van der Waals surface area contributed by atoms with Gasteiger partial charge in [0.15, 0.2) is 0 Å². The molecule has 0 N–H and O–H groups in total. The molecule has 1 atom stereocenters. The molecule has 10 heavy (non-hydrogen) atoms. The molecule has 0 radical (unpaired) electrons. The van der Waals surface area contributed by atoms with E-state index in [4.69, 9.17) is 4.74 Å². The van der Waals surface area contributed by atoms with Gasteiger partial charge < -0.3 is 4.74 Å². The molecule has 0 fully saturated rings. The van der Waals surface area contributed by atoms with Gasteiger partial charge in [-0.05, 0) is 6.92 Å². The lowest BCUT2D eigenvalue weighted by Crippen LogP contribution is -2.17. The van der Waals surface area contributed by atoms with Crippen LogP contribution in [0.25, 0.3) is 0 Å². The second-order valence-electron chi connectivity index (χ2n) is 1.46. The minimum atomic E-state index is -0.876. The summed E-state index contributed by atoms with van der Waals surface area (Å²) < 4.78 is 4.79. The van der Waals surface area contributed by atoms with Gasteiger partial charge in [-0.2, -0.15) is 0 Å². The van der Waals surface area contributed by atoms with Crippen LogP contribution in [0.15, 0.2) is 0 Å². The Morgan fingerprint density at radius 1 is 1.80 bits per heavy atom. The van der Waals surface area contributed by atoms with Gasteiger partial charge in [0.05, 0.1) is 6.61 Å². The molecule has 0 saturated carbocycles. The average molecular weight is 214 g/mol. The fourth-order valence-corrected chi connectivity index (χ4v) is 0.549. The average Bonchev–Trinajstić information content (AvgIpc) is 1.82. The first-order valence-corrected chi connectivity index (χ1v) is 3.77. The Kier molecular flexibility index (Phi) is 5.23. The second kappa shape index (κ2) is 5.43. The molecule has 0 aliphatic rings. The third kappa shape index (κ3) is 5.77. The number of alkyl halides is 1. The summed E-state index contributed by atoms with van der Waals surface area (Å²) in [5, 5.41) is 9.43. The molecule has 0 aromatic carbocycles. The van der Waals surface area contributed by atoms with Gasteiger partial charge in [0.2, 0.25) is 6.29 Å². The Balaban J connectivity index is 3.25. The molecule has 0 aliphatic carbocycles. The van der Waals surface area contributed by atoms with Gasteiger partial charge in [-0.3, -0.25) is 4.84 Å². The standard InChI is InChI=1S/C4H8BrNO4/c1-4(9-3-2-5)10-6(7)8/h4H,2-3H2,1H3. The molecule has 0 spiro atoms. The SMILES string of the molecule is CC(OCCBr)O[N+](=O)[O-]. The Morgan fingerprint density at radius 2 is 2.40 bits per heavy atom. The van der Waals surface area contributed by atoms with Crippen LogP contribution in [0.2, 0.25) is 0 Å². The lowest BCUT2D eigenvalue weighted by molar-refractivity contribution is -0.779. The molecular formula is C4H8BrNO4. The van der Waals surface area contributed by atoms with E-state index in [-0.39, 0.29) is 0 Å². The zero-order chi connectivity index (χ0) is 7.98. The molecule has 0 aromatic heterocycles. The van der Waals surface area contributed by atoms with E-state index < -0.39 is 11.4 Å². The second-order valence-corrected chi connectivity index (χ2v) is 2.25. The molecule has 0 aromatic rings. The summed E-state index contributed by atoms with van der Waals surface area (Å²) in [5.41, 5.74) is 0. The number of hydrogen-bond donors (Lipinski definition) is 0. The normalized spacial score (nSPS) is 12.6. The largest absolute Gasteiger partial charge is 0.352 e. The smallest absolute Gasteiger partial charge is 0.297 e. The fraction of sp³-hybridized carbons (Fsp3) is 1.00. The van der Waals surface area contributed by atoms with Crippen molar-refractivity contribution in [3.63, 3.8) is 0 Å². The Morgan fingerprint density at radius 3 is 2.80 bits per heavy atom. The van der Waals surface area contributed by atoms with Crippen LogP contribution >= 0.6 is 15.9 Å². The van der Waals surface area contributed by atoms with Gasteiger partial charge in [0.25, 0.3) is 5.09 Å². The fourth-order valence-electron chi connectivity index (χ4n) is 0.362. The molecule has 1 unspecified atom stereocenters. The van der Waals surface area contributed by atoms with Gasteiger partial charge in [-0.1, -0.05) is 15.9 Å². The van der Waals surface area contributed by atoms with Crippen LogP contribution in [-0.4, -0.2) is 23.3 Å². The molecule has 0 heterocycles. The van der Waals surface area contributed by atoms with Gasteiger partial charge in [0.1, 0.15) is 0 Å². The van der Waals surface area contributed by atoms with E-state index in [0.717, 1.165) is 0 Å². The van der Waals surface area contributed by atoms with E-state index in [0.29, 0.717) is 11.9 Å². The summed E-state index contributed by atoms with van der Waals surface area (Å²) in [6.45, 7) is 1.86. The first-order valence-electron chi connectivity index (χ1n) is 2.65. The maximum absolute atomic E-state index is 9.66. The van der Waals surface area contributed by atoms with E-state index >= 15 is 0 Å². The maximum atomic E-state index is 9.66. The molecule has 60 valence electrons. The van der Waals surface area contributed by atoms with Crippen molar-refractivity contribution >= 4 is 15.9 Å². The van der Waals surface area contributed by atoms with Gasteiger partial charge in [0, 0.05) is 5.33 Å². The van der Waals surface area contributed by atoms with E-state index in [1.165, 1.54) is 6.92 Å². The molecule has 0 rings (SSSR count). The number of ether oxygens (including phenoxy) is 1. The highest BCUT2D eigenvalue weighted by Gasteiger charge is 2.04. The predicted molar refractivity (Wildman–Crippen MR) is 37.3 cm³/mol. The van der Waals surface area contributed by atoms with Crippen LogP contribution < -0.4 is 0 Å². The number of hydrogen-bond acceptors (Lipinski definition) is 4. The summed E-state index contributed by atoms with van der Waals surface area (Å²) >= 11 is 3.09. The summed E-state index contributed by atoms with van der Waals surface area (Å²) in [4.78, 5) is 13.7. The molecule has 5 nitrogen and oxygen atoms in total. The minimum Gasteiger partial charge on any atom is -0.352 e. The molecule has 6 heteroatoms. The summed E-state index contributed by atoms with van der Waals surface area (Å²) in [6, 6.07) is 0. The molecule has 0 amide bonds. The van der Waals surface area contributed by atoms with Crippen LogP contribution in [0.1, 0.15) is 6.92 Å².